The van der Waals surface area contributed by atoms with Gasteiger partial charge in [0.05, 0.1) is 24.2 Å². The Morgan fingerprint density at radius 2 is 1.90 bits per heavy atom. The lowest BCUT2D eigenvalue weighted by Crippen LogP contribution is -2.21. The van der Waals surface area contributed by atoms with E-state index in [0.29, 0.717) is 29.5 Å². The summed E-state index contributed by atoms with van der Waals surface area (Å²) < 4.78 is 8.86. The summed E-state index contributed by atoms with van der Waals surface area (Å²) >= 11 is 0. The lowest BCUT2D eigenvalue weighted by atomic mass is 10.1. The zero-order chi connectivity index (χ0) is 21.1. The minimum atomic E-state index is -0.595. The van der Waals surface area contributed by atoms with Crippen LogP contribution in [0.1, 0.15) is 42.6 Å². The molecular weight excluding hydrogens is 380 g/mol. The Balaban J connectivity index is 1.91. The number of aryl methyl sites for hydroxylation is 1. The molecule has 0 aliphatic rings. The first-order valence-corrected chi connectivity index (χ1v) is 10.2. The van der Waals surface area contributed by atoms with E-state index in [1.165, 1.54) is 0 Å². The molecule has 0 saturated carbocycles. The van der Waals surface area contributed by atoms with Crippen LogP contribution in [0.5, 0.6) is 0 Å². The molecule has 0 bridgehead atoms. The first-order chi connectivity index (χ1) is 14.6. The predicted octanol–water partition coefficient (Wildman–Crippen LogP) is 3.77. The number of unbranched alkanes of at least 4 members (excludes halogenated alkanes) is 1. The zero-order valence-electron chi connectivity index (χ0n) is 17.2. The number of benzene rings is 2. The number of pyridine rings is 1. The Kier molecular flexibility index (Phi) is 5.61. The highest BCUT2D eigenvalue weighted by atomic mass is 16.5. The lowest BCUT2D eigenvalue weighted by Gasteiger charge is -2.13. The second-order valence-electron chi connectivity index (χ2n) is 7.20. The number of carbonyl (C=O) groups excluding carboxylic acids is 1. The average molecular weight is 404 g/mol. The van der Waals surface area contributed by atoms with Gasteiger partial charge in [-0.2, -0.15) is 0 Å². The van der Waals surface area contributed by atoms with Crippen LogP contribution >= 0.6 is 0 Å². The van der Waals surface area contributed by atoms with Gasteiger partial charge in [-0.3, -0.25) is 4.79 Å². The van der Waals surface area contributed by atoms with Gasteiger partial charge in [-0.25, -0.2) is 9.48 Å². The van der Waals surface area contributed by atoms with Gasteiger partial charge in [-0.05, 0) is 31.0 Å². The molecule has 0 fully saturated rings. The molecule has 0 aliphatic heterocycles. The lowest BCUT2D eigenvalue weighted by molar-refractivity contribution is 0.0524. The van der Waals surface area contributed by atoms with Crippen molar-refractivity contribution in [2.45, 2.75) is 39.8 Å². The van der Waals surface area contributed by atoms with Crippen molar-refractivity contribution < 1.29 is 9.53 Å². The summed E-state index contributed by atoms with van der Waals surface area (Å²) in [6, 6.07) is 13.6. The fourth-order valence-corrected chi connectivity index (χ4v) is 3.65. The number of aromatic nitrogens is 4. The maximum atomic E-state index is 13.0. The second kappa shape index (κ2) is 8.49. The van der Waals surface area contributed by atoms with Crippen molar-refractivity contribution in [3.63, 3.8) is 0 Å². The quantitative estimate of drug-likeness (QED) is 0.438. The summed E-state index contributed by atoms with van der Waals surface area (Å²) in [7, 11) is 0. The Hall–Kier alpha value is -3.48. The van der Waals surface area contributed by atoms with Crippen LogP contribution in [0.3, 0.4) is 0 Å². The number of ether oxygens (including phenoxy) is 1. The number of hydrogen-bond donors (Lipinski definition) is 0. The van der Waals surface area contributed by atoms with E-state index in [1.54, 1.807) is 19.2 Å². The van der Waals surface area contributed by atoms with E-state index in [-0.39, 0.29) is 17.6 Å². The number of fused-ring (bicyclic) bond motifs is 3. The summed E-state index contributed by atoms with van der Waals surface area (Å²) in [5, 5.41) is 9.19. The Bertz CT molecular complexity index is 1260. The fourth-order valence-electron chi connectivity index (χ4n) is 3.65. The van der Waals surface area contributed by atoms with Gasteiger partial charge in [-0.15, -0.1) is 5.10 Å². The molecule has 0 amide bonds. The number of hydrogen-bond acceptors (Lipinski definition) is 5. The van der Waals surface area contributed by atoms with Crippen LogP contribution in [0, 0.1) is 0 Å². The van der Waals surface area contributed by atoms with Crippen molar-refractivity contribution >= 4 is 27.9 Å². The van der Waals surface area contributed by atoms with Crippen molar-refractivity contribution in [2.24, 2.45) is 0 Å². The molecule has 2 aromatic carbocycles. The van der Waals surface area contributed by atoms with E-state index in [9.17, 15) is 9.59 Å². The van der Waals surface area contributed by atoms with Crippen molar-refractivity contribution in [3.8, 4) is 0 Å². The number of esters is 1. The summed E-state index contributed by atoms with van der Waals surface area (Å²) in [6.07, 6.45) is 3.50. The van der Waals surface area contributed by atoms with Crippen LogP contribution in [0.4, 0.5) is 0 Å². The molecule has 4 aromatic rings. The zero-order valence-corrected chi connectivity index (χ0v) is 17.2. The smallest absolute Gasteiger partial charge is 0.343 e. The molecule has 154 valence electrons. The molecule has 0 N–H and O–H groups in total. The van der Waals surface area contributed by atoms with Crippen LogP contribution in [-0.4, -0.2) is 32.1 Å². The molecule has 0 unspecified atom stereocenters. The highest BCUT2D eigenvalue weighted by Gasteiger charge is 2.20. The van der Waals surface area contributed by atoms with Crippen LogP contribution in [0.15, 0.2) is 53.5 Å². The standard InChI is InChI=1S/C23H24N4O3/c1-3-5-13-26-15-18(23(29)30-4-2)22(28)17-11-12-19-20(21(17)26)24-25-27(19)14-16-9-7-6-8-10-16/h6-12,15H,3-5,13-14H2,1-2H3. The first kappa shape index (κ1) is 19.8. The predicted molar refractivity (Wildman–Crippen MR) is 116 cm³/mol. The first-order valence-electron chi connectivity index (χ1n) is 10.2. The molecule has 7 heteroatoms. The molecule has 0 spiro atoms. The minimum Gasteiger partial charge on any atom is -0.462 e. The Morgan fingerprint density at radius 1 is 1.10 bits per heavy atom. The summed E-state index contributed by atoms with van der Waals surface area (Å²) in [6.45, 7) is 5.30. The van der Waals surface area contributed by atoms with Crippen LogP contribution < -0.4 is 5.43 Å². The molecule has 0 atom stereocenters. The maximum Gasteiger partial charge on any atom is 0.343 e. The molecule has 7 nitrogen and oxygen atoms in total. The van der Waals surface area contributed by atoms with Crippen molar-refractivity contribution in [3.05, 3.63) is 70.0 Å². The number of rotatable bonds is 7. The van der Waals surface area contributed by atoms with E-state index in [0.717, 1.165) is 23.9 Å². The molecular formula is C23H24N4O3. The molecule has 0 aliphatic carbocycles. The highest BCUT2D eigenvalue weighted by molar-refractivity contribution is 6.04. The molecule has 0 radical (unpaired) electrons. The van der Waals surface area contributed by atoms with Gasteiger partial charge in [0, 0.05) is 18.1 Å². The highest BCUT2D eigenvalue weighted by Crippen LogP contribution is 2.23. The molecule has 2 aromatic heterocycles. The minimum absolute atomic E-state index is 0.0523. The average Bonchev–Trinajstić information content (AvgIpc) is 3.17. The Labute approximate surface area is 173 Å². The monoisotopic (exact) mass is 404 g/mol. The van der Waals surface area contributed by atoms with Crippen molar-refractivity contribution in [1.82, 2.24) is 19.6 Å². The van der Waals surface area contributed by atoms with Gasteiger partial charge in [0.1, 0.15) is 11.1 Å². The van der Waals surface area contributed by atoms with E-state index < -0.39 is 5.97 Å². The third kappa shape index (κ3) is 3.58. The molecule has 30 heavy (non-hydrogen) atoms. The van der Waals surface area contributed by atoms with E-state index in [4.69, 9.17) is 4.74 Å². The fraction of sp³-hybridized carbons (Fsp3) is 0.304. The van der Waals surface area contributed by atoms with Gasteiger partial charge in [0.15, 0.2) is 0 Å². The maximum absolute atomic E-state index is 13.0. The SMILES string of the molecule is CCCCn1cc(C(=O)OCC)c(=O)c2ccc3c(nnn3Cc3ccccc3)c21. The van der Waals surface area contributed by atoms with Crippen LogP contribution in [0.2, 0.25) is 0 Å². The van der Waals surface area contributed by atoms with Gasteiger partial charge >= 0.3 is 5.97 Å². The third-order valence-electron chi connectivity index (χ3n) is 5.15. The van der Waals surface area contributed by atoms with E-state index >= 15 is 0 Å². The number of nitrogens with zero attached hydrogens (tertiary/aromatic N) is 4. The summed E-state index contributed by atoms with van der Waals surface area (Å²) in [5.74, 6) is -0.595. The van der Waals surface area contributed by atoms with E-state index in [2.05, 4.69) is 17.2 Å². The molecule has 0 saturated heterocycles. The van der Waals surface area contributed by atoms with Crippen LogP contribution in [0.25, 0.3) is 21.9 Å². The van der Waals surface area contributed by atoms with Gasteiger partial charge < -0.3 is 9.30 Å². The topological polar surface area (TPSA) is 79.0 Å². The van der Waals surface area contributed by atoms with Crippen LogP contribution in [-0.2, 0) is 17.8 Å². The largest absolute Gasteiger partial charge is 0.462 e. The van der Waals surface area contributed by atoms with Crippen molar-refractivity contribution in [2.75, 3.05) is 6.61 Å². The molecule has 2 heterocycles. The molecule has 4 rings (SSSR count). The second-order valence-corrected chi connectivity index (χ2v) is 7.20. The third-order valence-corrected chi connectivity index (χ3v) is 5.15. The Morgan fingerprint density at radius 3 is 2.63 bits per heavy atom. The number of carbonyl (C=O) groups is 1. The normalized spacial score (nSPS) is 11.3. The van der Waals surface area contributed by atoms with Crippen molar-refractivity contribution in [1.29, 1.82) is 0 Å². The van der Waals surface area contributed by atoms with Gasteiger partial charge in [-0.1, -0.05) is 48.9 Å². The summed E-state index contributed by atoms with van der Waals surface area (Å²) in [5.41, 5.74) is 3.04. The van der Waals surface area contributed by atoms with Gasteiger partial charge in [0.25, 0.3) is 0 Å². The summed E-state index contributed by atoms with van der Waals surface area (Å²) in [4.78, 5) is 25.4. The van der Waals surface area contributed by atoms with Gasteiger partial charge in [0.2, 0.25) is 5.43 Å². The van der Waals surface area contributed by atoms with E-state index in [1.807, 2.05) is 45.6 Å².